The first-order valence-electron chi connectivity index (χ1n) is 4.51. The Morgan fingerprint density at radius 2 is 2.46 bits per heavy atom. The SMILES string of the molecule is CC(C)C1CN=C(CCC(=O)O)O1. The molecule has 74 valence electrons. The number of aliphatic carboxylic acids is 1. The molecule has 1 aliphatic rings. The van der Waals surface area contributed by atoms with Crippen LogP contribution in [0, 0.1) is 5.92 Å². The van der Waals surface area contributed by atoms with Gasteiger partial charge in [-0.05, 0) is 5.92 Å². The van der Waals surface area contributed by atoms with Crippen molar-refractivity contribution in [2.75, 3.05) is 6.54 Å². The van der Waals surface area contributed by atoms with E-state index in [1.807, 2.05) is 0 Å². The Morgan fingerprint density at radius 1 is 1.77 bits per heavy atom. The summed E-state index contributed by atoms with van der Waals surface area (Å²) in [7, 11) is 0. The van der Waals surface area contributed by atoms with Crippen LogP contribution in [0.2, 0.25) is 0 Å². The van der Waals surface area contributed by atoms with Gasteiger partial charge in [-0.15, -0.1) is 0 Å². The first-order chi connectivity index (χ1) is 6.09. The topological polar surface area (TPSA) is 58.9 Å². The molecule has 0 bridgehead atoms. The van der Waals surface area contributed by atoms with E-state index < -0.39 is 5.97 Å². The Bertz CT molecular complexity index is 223. The highest BCUT2D eigenvalue weighted by Gasteiger charge is 2.22. The lowest BCUT2D eigenvalue weighted by molar-refractivity contribution is -0.136. The number of aliphatic imine (C=N–C) groups is 1. The first-order valence-corrected chi connectivity index (χ1v) is 4.51. The molecule has 0 aromatic heterocycles. The molecule has 4 heteroatoms. The van der Waals surface area contributed by atoms with E-state index in [-0.39, 0.29) is 12.5 Å². The molecule has 0 saturated carbocycles. The van der Waals surface area contributed by atoms with Crippen molar-refractivity contribution in [2.24, 2.45) is 10.9 Å². The molecule has 0 radical (unpaired) electrons. The summed E-state index contributed by atoms with van der Waals surface area (Å²) >= 11 is 0. The second-order valence-electron chi connectivity index (χ2n) is 3.53. The number of nitrogens with zero attached hydrogens (tertiary/aromatic N) is 1. The second-order valence-corrected chi connectivity index (χ2v) is 3.53. The molecular weight excluding hydrogens is 170 g/mol. The van der Waals surface area contributed by atoms with Crippen molar-refractivity contribution in [1.29, 1.82) is 0 Å². The minimum Gasteiger partial charge on any atom is -0.481 e. The first kappa shape index (κ1) is 10.0. The number of carboxylic acids is 1. The van der Waals surface area contributed by atoms with Crippen LogP contribution in [-0.2, 0) is 9.53 Å². The van der Waals surface area contributed by atoms with Crippen molar-refractivity contribution in [1.82, 2.24) is 0 Å². The second kappa shape index (κ2) is 4.25. The van der Waals surface area contributed by atoms with Crippen LogP contribution in [-0.4, -0.2) is 29.6 Å². The molecule has 0 fully saturated rings. The van der Waals surface area contributed by atoms with Gasteiger partial charge in [0.05, 0.1) is 13.0 Å². The van der Waals surface area contributed by atoms with Gasteiger partial charge in [-0.3, -0.25) is 9.79 Å². The average Bonchev–Trinajstić information content (AvgIpc) is 2.48. The van der Waals surface area contributed by atoms with Crippen molar-refractivity contribution in [3.05, 3.63) is 0 Å². The van der Waals surface area contributed by atoms with Crippen LogP contribution < -0.4 is 0 Å². The number of carboxylic acid groups (broad SMARTS) is 1. The Morgan fingerprint density at radius 3 is 2.92 bits per heavy atom. The van der Waals surface area contributed by atoms with Crippen LogP contribution in [0.1, 0.15) is 26.7 Å². The van der Waals surface area contributed by atoms with E-state index in [0.717, 1.165) is 0 Å². The van der Waals surface area contributed by atoms with Crippen molar-refractivity contribution in [2.45, 2.75) is 32.8 Å². The Kier molecular flexibility index (Phi) is 3.28. The molecule has 1 rings (SSSR count). The lowest BCUT2D eigenvalue weighted by Crippen LogP contribution is -2.19. The number of hydrogen-bond acceptors (Lipinski definition) is 3. The zero-order valence-electron chi connectivity index (χ0n) is 7.99. The van der Waals surface area contributed by atoms with E-state index in [2.05, 4.69) is 18.8 Å². The highest BCUT2D eigenvalue weighted by molar-refractivity contribution is 5.81. The molecule has 1 unspecified atom stereocenters. The molecule has 4 nitrogen and oxygen atoms in total. The van der Waals surface area contributed by atoms with Crippen molar-refractivity contribution in [3.8, 4) is 0 Å². The van der Waals surface area contributed by atoms with Crippen molar-refractivity contribution < 1.29 is 14.6 Å². The van der Waals surface area contributed by atoms with Gasteiger partial charge in [-0.25, -0.2) is 0 Å². The van der Waals surface area contributed by atoms with Crippen molar-refractivity contribution >= 4 is 11.9 Å². The standard InChI is InChI=1S/C9H15NO3/c1-6(2)7-5-10-8(13-7)3-4-9(11)12/h6-7H,3-5H2,1-2H3,(H,11,12). The molecule has 0 saturated heterocycles. The van der Waals surface area contributed by atoms with Gasteiger partial charge >= 0.3 is 5.97 Å². The quantitative estimate of drug-likeness (QED) is 0.718. The van der Waals surface area contributed by atoms with Gasteiger partial charge in [0, 0.05) is 6.42 Å². The molecule has 1 N–H and O–H groups in total. The average molecular weight is 185 g/mol. The van der Waals surface area contributed by atoms with Gasteiger partial charge in [-0.2, -0.15) is 0 Å². The maximum atomic E-state index is 10.3. The predicted octanol–water partition coefficient (Wildman–Crippen LogP) is 1.30. The summed E-state index contributed by atoms with van der Waals surface area (Å²) in [5.41, 5.74) is 0. The van der Waals surface area contributed by atoms with Gasteiger partial charge < -0.3 is 9.84 Å². The van der Waals surface area contributed by atoms with Gasteiger partial charge in [0.1, 0.15) is 6.10 Å². The van der Waals surface area contributed by atoms with Gasteiger partial charge in [0.15, 0.2) is 5.90 Å². The van der Waals surface area contributed by atoms with Gasteiger partial charge in [0.25, 0.3) is 0 Å². The highest BCUT2D eigenvalue weighted by atomic mass is 16.5. The molecule has 0 amide bonds. The van der Waals surface area contributed by atoms with E-state index in [0.29, 0.717) is 24.8 Å². The summed E-state index contributed by atoms with van der Waals surface area (Å²) in [6, 6.07) is 0. The van der Waals surface area contributed by atoms with Gasteiger partial charge in [0.2, 0.25) is 0 Å². The Balaban J connectivity index is 2.28. The van der Waals surface area contributed by atoms with E-state index in [4.69, 9.17) is 9.84 Å². The normalized spacial score (nSPS) is 21.5. The smallest absolute Gasteiger partial charge is 0.303 e. The summed E-state index contributed by atoms with van der Waals surface area (Å²) in [5.74, 6) is 0.228. The van der Waals surface area contributed by atoms with Crippen LogP contribution in [0.15, 0.2) is 4.99 Å². The molecule has 1 heterocycles. The zero-order chi connectivity index (χ0) is 9.84. The third kappa shape index (κ3) is 3.05. The fraction of sp³-hybridized carbons (Fsp3) is 0.778. The summed E-state index contributed by atoms with van der Waals surface area (Å²) in [4.78, 5) is 14.4. The maximum absolute atomic E-state index is 10.3. The molecule has 0 aromatic rings. The van der Waals surface area contributed by atoms with E-state index in [9.17, 15) is 4.79 Å². The summed E-state index contributed by atoms with van der Waals surface area (Å²) in [6.45, 7) is 4.81. The molecule has 0 aromatic carbocycles. The molecular formula is C9H15NO3. The molecule has 0 aliphatic carbocycles. The minimum atomic E-state index is -0.806. The van der Waals surface area contributed by atoms with Crippen molar-refractivity contribution in [3.63, 3.8) is 0 Å². The Labute approximate surface area is 77.6 Å². The molecule has 13 heavy (non-hydrogen) atoms. The van der Waals surface area contributed by atoms with Crippen LogP contribution in [0.5, 0.6) is 0 Å². The summed E-state index contributed by atoms with van der Waals surface area (Å²) < 4.78 is 5.46. The lowest BCUT2D eigenvalue weighted by atomic mass is 10.1. The third-order valence-corrected chi connectivity index (χ3v) is 2.03. The van der Waals surface area contributed by atoms with E-state index >= 15 is 0 Å². The van der Waals surface area contributed by atoms with E-state index in [1.165, 1.54) is 0 Å². The van der Waals surface area contributed by atoms with Crippen LogP contribution in [0.3, 0.4) is 0 Å². The lowest BCUT2D eigenvalue weighted by Gasteiger charge is -2.13. The number of rotatable bonds is 4. The number of ether oxygens (including phenoxy) is 1. The molecule has 1 atom stereocenters. The maximum Gasteiger partial charge on any atom is 0.303 e. The monoisotopic (exact) mass is 185 g/mol. The zero-order valence-corrected chi connectivity index (χ0v) is 7.99. The third-order valence-electron chi connectivity index (χ3n) is 2.03. The predicted molar refractivity (Wildman–Crippen MR) is 48.9 cm³/mol. The van der Waals surface area contributed by atoms with Gasteiger partial charge in [-0.1, -0.05) is 13.8 Å². The van der Waals surface area contributed by atoms with E-state index in [1.54, 1.807) is 0 Å². The summed E-state index contributed by atoms with van der Waals surface area (Å²) in [6.07, 6.45) is 0.658. The molecule has 1 aliphatic heterocycles. The highest BCUT2D eigenvalue weighted by Crippen LogP contribution is 2.15. The fourth-order valence-electron chi connectivity index (χ4n) is 1.14. The Hall–Kier alpha value is -1.06. The molecule has 0 spiro atoms. The minimum absolute atomic E-state index is 0.101. The fourth-order valence-corrected chi connectivity index (χ4v) is 1.14. The largest absolute Gasteiger partial charge is 0.481 e. The number of hydrogen-bond donors (Lipinski definition) is 1. The van der Waals surface area contributed by atoms with Crippen LogP contribution in [0.25, 0.3) is 0 Å². The summed E-state index contributed by atoms with van der Waals surface area (Å²) in [5, 5.41) is 8.44. The van der Waals surface area contributed by atoms with Crippen LogP contribution in [0.4, 0.5) is 0 Å². The van der Waals surface area contributed by atoms with Crippen LogP contribution >= 0.6 is 0 Å². The number of carbonyl (C=O) groups is 1.